The molecule has 3 unspecified atom stereocenters. The van der Waals surface area contributed by atoms with Crippen molar-refractivity contribution in [3.63, 3.8) is 0 Å². The van der Waals surface area contributed by atoms with Crippen molar-refractivity contribution >= 4 is 45.7 Å². The van der Waals surface area contributed by atoms with Crippen LogP contribution in [0.25, 0.3) is 0 Å². The molecule has 4 rings (SSSR count). The van der Waals surface area contributed by atoms with Crippen molar-refractivity contribution < 1.29 is 23.8 Å². The number of cyclic esters (lactones) is 2. The minimum Gasteiger partial charge on any atom is -0.459 e. The fourth-order valence-corrected chi connectivity index (χ4v) is 5.03. The smallest absolute Gasteiger partial charge is 0.324 e. The predicted octanol–water partition coefficient (Wildman–Crippen LogP) is 4.68. The van der Waals surface area contributed by atoms with Gasteiger partial charge in [-0.15, -0.1) is 11.3 Å². The molecule has 1 N–H and O–H groups in total. The van der Waals surface area contributed by atoms with Crippen LogP contribution in [0.3, 0.4) is 0 Å². The van der Waals surface area contributed by atoms with Crippen LogP contribution in [-0.2, 0) is 29.4 Å². The SMILES string of the molecule is CC(C)COCC1CC2(CC(C)(c3csc(Nc4ccccc4Cl)n3)OC2=O)C(=O)O1. The first-order valence-electron chi connectivity index (χ1n) is 10.2. The van der Waals surface area contributed by atoms with Gasteiger partial charge in [0.25, 0.3) is 0 Å². The molecule has 0 bridgehead atoms. The molecule has 2 aliphatic rings. The first-order chi connectivity index (χ1) is 14.7. The third kappa shape index (κ3) is 4.29. The van der Waals surface area contributed by atoms with Crippen LogP contribution < -0.4 is 5.32 Å². The topological polar surface area (TPSA) is 86.8 Å². The Morgan fingerprint density at radius 3 is 2.84 bits per heavy atom. The summed E-state index contributed by atoms with van der Waals surface area (Å²) in [5, 5.41) is 6.21. The van der Waals surface area contributed by atoms with E-state index in [1.165, 1.54) is 11.3 Å². The summed E-state index contributed by atoms with van der Waals surface area (Å²) in [6.45, 7) is 6.72. The number of para-hydroxylation sites is 1. The number of nitrogens with one attached hydrogen (secondary N) is 1. The number of hydrogen-bond acceptors (Lipinski definition) is 8. The number of hydrogen-bond donors (Lipinski definition) is 1. The molecular formula is C22H25ClN2O5S. The summed E-state index contributed by atoms with van der Waals surface area (Å²) in [7, 11) is 0. The Morgan fingerprint density at radius 2 is 2.10 bits per heavy atom. The molecule has 2 aliphatic heterocycles. The maximum absolute atomic E-state index is 12.8. The molecule has 31 heavy (non-hydrogen) atoms. The van der Waals surface area contributed by atoms with Crippen LogP contribution in [0.5, 0.6) is 0 Å². The molecule has 9 heteroatoms. The van der Waals surface area contributed by atoms with Crippen LogP contribution >= 0.6 is 22.9 Å². The highest BCUT2D eigenvalue weighted by molar-refractivity contribution is 7.13. The van der Waals surface area contributed by atoms with Crippen molar-refractivity contribution in [2.24, 2.45) is 11.3 Å². The molecule has 2 saturated heterocycles. The number of thiazole rings is 1. The van der Waals surface area contributed by atoms with Crippen LogP contribution in [0.2, 0.25) is 5.02 Å². The van der Waals surface area contributed by atoms with E-state index in [0.717, 1.165) is 5.69 Å². The molecular weight excluding hydrogens is 440 g/mol. The zero-order valence-corrected chi connectivity index (χ0v) is 19.2. The molecule has 1 aromatic carbocycles. The van der Waals surface area contributed by atoms with Crippen LogP contribution in [0.1, 0.15) is 39.3 Å². The Morgan fingerprint density at radius 1 is 1.32 bits per heavy atom. The predicted molar refractivity (Wildman–Crippen MR) is 117 cm³/mol. The van der Waals surface area contributed by atoms with E-state index in [4.69, 9.17) is 25.8 Å². The monoisotopic (exact) mass is 464 g/mol. The number of rotatable bonds is 7. The van der Waals surface area contributed by atoms with Gasteiger partial charge in [-0.05, 0) is 25.0 Å². The second kappa shape index (κ2) is 8.41. The zero-order chi connectivity index (χ0) is 22.2. The van der Waals surface area contributed by atoms with Gasteiger partial charge in [0.2, 0.25) is 0 Å². The number of esters is 2. The van der Waals surface area contributed by atoms with Gasteiger partial charge >= 0.3 is 11.9 Å². The highest BCUT2D eigenvalue weighted by Gasteiger charge is 2.65. The number of benzene rings is 1. The third-order valence-corrected chi connectivity index (χ3v) is 6.59. The van der Waals surface area contributed by atoms with Gasteiger partial charge < -0.3 is 19.5 Å². The molecule has 0 amide bonds. The normalized spacial score (nSPS) is 27.7. The average Bonchev–Trinajstić information content (AvgIpc) is 3.36. The second-order valence-electron chi connectivity index (χ2n) is 8.68. The first-order valence-corrected chi connectivity index (χ1v) is 11.5. The summed E-state index contributed by atoms with van der Waals surface area (Å²) < 4.78 is 16.8. The van der Waals surface area contributed by atoms with E-state index in [9.17, 15) is 9.59 Å². The number of anilines is 2. The average molecular weight is 465 g/mol. The van der Waals surface area contributed by atoms with E-state index >= 15 is 0 Å². The lowest BCUT2D eigenvalue weighted by molar-refractivity contribution is -0.160. The molecule has 0 radical (unpaired) electrons. The molecule has 3 heterocycles. The van der Waals surface area contributed by atoms with Gasteiger partial charge in [0.05, 0.1) is 23.0 Å². The van der Waals surface area contributed by atoms with Crippen molar-refractivity contribution in [3.8, 4) is 0 Å². The molecule has 3 atom stereocenters. The minimum atomic E-state index is -1.31. The molecule has 1 aromatic heterocycles. The quantitative estimate of drug-likeness (QED) is 0.470. The van der Waals surface area contributed by atoms with Gasteiger partial charge in [-0.1, -0.05) is 37.6 Å². The molecule has 1 spiro atoms. The molecule has 0 saturated carbocycles. The lowest BCUT2D eigenvalue weighted by Crippen LogP contribution is -2.32. The molecule has 0 aliphatic carbocycles. The summed E-state index contributed by atoms with van der Waals surface area (Å²) in [6, 6.07) is 7.36. The number of halogens is 1. The van der Waals surface area contributed by atoms with E-state index in [0.29, 0.717) is 28.4 Å². The van der Waals surface area contributed by atoms with Gasteiger partial charge in [-0.3, -0.25) is 9.59 Å². The fourth-order valence-electron chi connectivity index (χ4n) is 4.00. The summed E-state index contributed by atoms with van der Waals surface area (Å²) in [4.78, 5) is 30.1. The highest BCUT2D eigenvalue weighted by Crippen LogP contribution is 2.52. The number of nitrogens with zero attached hydrogens (tertiary/aromatic N) is 1. The molecule has 7 nitrogen and oxygen atoms in total. The number of ether oxygens (including phenoxy) is 3. The Balaban J connectivity index is 1.48. The zero-order valence-electron chi connectivity index (χ0n) is 17.6. The molecule has 166 valence electrons. The fraction of sp³-hybridized carbons (Fsp3) is 0.500. The number of carbonyl (C=O) groups is 2. The van der Waals surface area contributed by atoms with Crippen LogP contribution in [0.15, 0.2) is 29.6 Å². The maximum atomic E-state index is 12.8. The van der Waals surface area contributed by atoms with Gasteiger partial charge in [-0.2, -0.15) is 0 Å². The van der Waals surface area contributed by atoms with E-state index in [-0.39, 0.29) is 19.4 Å². The maximum Gasteiger partial charge on any atom is 0.324 e. The largest absolute Gasteiger partial charge is 0.459 e. The number of aromatic nitrogens is 1. The van der Waals surface area contributed by atoms with Crippen molar-refractivity contribution in [1.29, 1.82) is 0 Å². The van der Waals surface area contributed by atoms with Crippen molar-refractivity contribution in [1.82, 2.24) is 4.98 Å². The van der Waals surface area contributed by atoms with Gasteiger partial charge in [0.15, 0.2) is 16.1 Å². The van der Waals surface area contributed by atoms with Crippen molar-refractivity contribution in [2.45, 2.75) is 45.3 Å². The summed E-state index contributed by atoms with van der Waals surface area (Å²) >= 11 is 7.58. The van der Waals surface area contributed by atoms with E-state index in [2.05, 4.69) is 10.3 Å². The Labute approximate surface area is 190 Å². The minimum absolute atomic E-state index is 0.188. The van der Waals surface area contributed by atoms with Crippen LogP contribution in [0, 0.1) is 11.3 Å². The lowest BCUT2D eigenvalue weighted by atomic mass is 9.78. The first kappa shape index (κ1) is 22.0. The third-order valence-electron chi connectivity index (χ3n) is 5.50. The van der Waals surface area contributed by atoms with Crippen molar-refractivity contribution in [2.75, 3.05) is 18.5 Å². The second-order valence-corrected chi connectivity index (χ2v) is 9.95. The molecule has 2 fully saturated rings. The Hall–Kier alpha value is -2.16. The lowest BCUT2D eigenvalue weighted by Gasteiger charge is -2.20. The Bertz CT molecular complexity index is 996. The van der Waals surface area contributed by atoms with Gasteiger partial charge in [0, 0.05) is 24.8 Å². The summed E-state index contributed by atoms with van der Waals surface area (Å²) in [5.41, 5.74) is -0.996. The summed E-state index contributed by atoms with van der Waals surface area (Å²) in [5.74, 6) is -0.715. The van der Waals surface area contributed by atoms with Crippen LogP contribution in [0.4, 0.5) is 10.8 Å². The number of carbonyl (C=O) groups excluding carboxylic acids is 2. The van der Waals surface area contributed by atoms with E-state index < -0.39 is 29.1 Å². The van der Waals surface area contributed by atoms with E-state index in [1.54, 1.807) is 13.0 Å². The van der Waals surface area contributed by atoms with E-state index in [1.807, 2.05) is 37.4 Å². The van der Waals surface area contributed by atoms with Gasteiger partial charge in [-0.25, -0.2) is 4.98 Å². The van der Waals surface area contributed by atoms with Gasteiger partial charge in [0.1, 0.15) is 6.10 Å². The Kier molecular flexibility index (Phi) is 5.98. The highest BCUT2D eigenvalue weighted by atomic mass is 35.5. The van der Waals surface area contributed by atoms with Crippen LogP contribution in [-0.4, -0.2) is 36.2 Å². The summed E-state index contributed by atoms with van der Waals surface area (Å²) in [6.07, 6.45) is -0.00470. The standard InChI is InChI=1S/C22H25ClN2O5S/c1-13(2)9-28-10-14-8-22(18(26)29-14)12-21(3,30-19(22)27)17-11-31-20(25-17)24-16-7-5-4-6-15(16)23/h4-7,11,13-14H,8-10,12H2,1-3H3,(H,24,25). The molecule has 2 aromatic rings. The van der Waals surface area contributed by atoms with Crippen molar-refractivity contribution in [3.05, 3.63) is 40.4 Å².